The highest BCUT2D eigenvalue weighted by atomic mass is 32.2. The number of amides is 1. The zero-order valence-electron chi connectivity index (χ0n) is 16.2. The van der Waals surface area contributed by atoms with E-state index in [9.17, 15) is 10.1 Å². The lowest BCUT2D eigenvalue weighted by Gasteiger charge is -2.08. The van der Waals surface area contributed by atoms with Crippen molar-refractivity contribution in [2.45, 2.75) is 63.6 Å². The van der Waals surface area contributed by atoms with Crippen molar-refractivity contribution in [3.63, 3.8) is 0 Å². The summed E-state index contributed by atoms with van der Waals surface area (Å²) in [6.45, 7) is 6.42. The van der Waals surface area contributed by atoms with Gasteiger partial charge in [0.25, 0.3) is 0 Å². The minimum Gasteiger partial charge on any atom is -0.316 e. The molecule has 2 heterocycles. The number of aromatic nitrogens is 3. The van der Waals surface area contributed by atoms with Crippen LogP contribution in [0, 0.1) is 11.3 Å². The van der Waals surface area contributed by atoms with E-state index in [1.807, 2.05) is 11.5 Å². The Labute approximate surface area is 174 Å². The van der Waals surface area contributed by atoms with Crippen molar-refractivity contribution in [3.05, 3.63) is 34.5 Å². The number of carbonyl (C=O) groups excluding carboxylic acids is 1. The van der Waals surface area contributed by atoms with Crippen LogP contribution in [0.25, 0.3) is 0 Å². The highest BCUT2D eigenvalue weighted by Gasteiger charge is 2.21. The largest absolute Gasteiger partial charge is 0.316 e. The summed E-state index contributed by atoms with van der Waals surface area (Å²) in [5, 5.41) is 22.4. The average Bonchev–Trinajstić information content (AvgIpc) is 3.20. The van der Waals surface area contributed by atoms with Gasteiger partial charge in [0.2, 0.25) is 5.91 Å². The minimum atomic E-state index is -0.123. The van der Waals surface area contributed by atoms with Crippen molar-refractivity contribution in [1.29, 1.82) is 5.26 Å². The number of hydrogen-bond donors (Lipinski definition) is 1. The van der Waals surface area contributed by atoms with E-state index < -0.39 is 0 Å². The molecule has 0 aromatic carbocycles. The maximum atomic E-state index is 12.5. The van der Waals surface area contributed by atoms with Crippen LogP contribution in [-0.2, 0) is 30.6 Å². The zero-order chi connectivity index (χ0) is 19.9. The highest BCUT2D eigenvalue weighted by molar-refractivity contribution is 7.99. The van der Waals surface area contributed by atoms with Crippen molar-refractivity contribution < 1.29 is 4.79 Å². The predicted octanol–water partition coefficient (Wildman–Crippen LogP) is 4.35. The van der Waals surface area contributed by atoms with Gasteiger partial charge in [-0.25, -0.2) is 0 Å². The summed E-state index contributed by atoms with van der Waals surface area (Å²) in [6.07, 6.45) is 9.23. The first-order valence-electron chi connectivity index (χ1n) is 9.68. The van der Waals surface area contributed by atoms with Crippen LogP contribution in [0.15, 0.2) is 17.8 Å². The maximum absolute atomic E-state index is 12.5. The molecule has 148 valence electrons. The van der Waals surface area contributed by atoms with E-state index in [1.54, 1.807) is 17.4 Å². The molecule has 0 aliphatic heterocycles. The summed E-state index contributed by atoms with van der Waals surface area (Å²) in [5.41, 5.74) is 1.80. The molecular weight excluding hydrogens is 390 g/mol. The maximum Gasteiger partial charge on any atom is 0.235 e. The molecule has 0 saturated heterocycles. The number of nitriles is 1. The SMILES string of the molecule is C=CCn1c(CC)nnc1SCC(=O)Nc1sc2c(c1C#N)CCCCCC2. The Morgan fingerprint density at radius 3 is 2.86 bits per heavy atom. The van der Waals surface area contributed by atoms with Crippen LogP contribution in [0.4, 0.5) is 5.00 Å². The third-order valence-electron chi connectivity index (χ3n) is 4.79. The van der Waals surface area contributed by atoms with E-state index in [0.717, 1.165) is 43.5 Å². The molecule has 8 heteroatoms. The molecule has 2 aromatic heterocycles. The number of fused-ring (bicyclic) bond motifs is 1. The lowest BCUT2D eigenvalue weighted by atomic mass is 9.97. The number of thioether (sulfide) groups is 1. The summed E-state index contributed by atoms with van der Waals surface area (Å²) >= 11 is 2.92. The second-order valence-corrected chi connectivity index (χ2v) is 8.77. The third kappa shape index (κ3) is 4.65. The second-order valence-electron chi connectivity index (χ2n) is 6.72. The van der Waals surface area contributed by atoms with E-state index >= 15 is 0 Å². The van der Waals surface area contributed by atoms with Gasteiger partial charge >= 0.3 is 0 Å². The van der Waals surface area contributed by atoms with Crippen LogP contribution in [0.3, 0.4) is 0 Å². The summed E-state index contributed by atoms with van der Waals surface area (Å²) in [5.74, 6) is 0.987. The molecule has 2 aromatic rings. The fourth-order valence-corrected chi connectivity index (χ4v) is 5.44. The van der Waals surface area contributed by atoms with Gasteiger partial charge in [-0.15, -0.1) is 28.1 Å². The Bertz CT molecular complexity index is 893. The summed E-state index contributed by atoms with van der Waals surface area (Å²) in [7, 11) is 0. The van der Waals surface area contributed by atoms with Crippen LogP contribution < -0.4 is 5.32 Å². The monoisotopic (exact) mass is 415 g/mol. The summed E-state index contributed by atoms with van der Waals surface area (Å²) in [4.78, 5) is 13.8. The van der Waals surface area contributed by atoms with Crippen LogP contribution >= 0.6 is 23.1 Å². The zero-order valence-corrected chi connectivity index (χ0v) is 17.8. The van der Waals surface area contributed by atoms with Gasteiger partial charge < -0.3 is 9.88 Å². The molecule has 0 saturated carbocycles. The molecule has 28 heavy (non-hydrogen) atoms. The van der Waals surface area contributed by atoms with Crippen molar-refractivity contribution in [1.82, 2.24) is 14.8 Å². The summed E-state index contributed by atoms with van der Waals surface area (Å²) < 4.78 is 1.97. The second kappa shape index (κ2) is 9.89. The Hall–Kier alpha value is -2.11. The van der Waals surface area contributed by atoms with Gasteiger partial charge in [-0.05, 0) is 31.2 Å². The number of carbonyl (C=O) groups is 1. The lowest BCUT2D eigenvalue weighted by Crippen LogP contribution is -2.14. The van der Waals surface area contributed by atoms with Gasteiger partial charge in [-0.1, -0.05) is 37.6 Å². The van der Waals surface area contributed by atoms with Gasteiger partial charge in [0.15, 0.2) is 5.16 Å². The number of thiophene rings is 1. The summed E-state index contributed by atoms with van der Waals surface area (Å²) in [6, 6.07) is 2.32. The van der Waals surface area contributed by atoms with Crippen LogP contribution in [-0.4, -0.2) is 26.4 Å². The lowest BCUT2D eigenvalue weighted by molar-refractivity contribution is -0.113. The van der Waals surface area contributed by atoms with E-state index in [0.29, 0.717) is 22.3 Å². The van der Waals surface area contributed by atoms with Crippen LogP contribution in [0.1, 0.15) is 54.4 Å². The van der Waals surface area contributed by atoms with Crippen molar-refractivity contribution >= 4 is 34.0 Å². The first-order chi connectivity index (χ1) is 13.7. The smallest absolute Gasteiger partial charge is 0.235 e. The number of nitrogens with one attached hydrogen (secondary N) is 1. The Morgan fingerprint density at radius 1 is 1.36 bits per heavy atom. The Morgan fingerprint density at radius 2 is 2.14 bits per heavy atom. The van der Waals surface area contributed by atoms with Crippen molar-refractivity contribution in [2.24, 2.45) is 0 Å². The fourth-order valence-electron chi connectivity index (χ4n) is 3.42. The van der Waals surface area contributed by atoms with E-state index in [1.165, 1.54) is 29.5 Å². The van der Waals surface area contributed by atoms with E-state index in [2.05, 4.69) is 28.2 Å². The average molecular weight is 416 g/mol. The Balaban J connectivity index is 1.69. The predicted molar refractivity (Wildman–Crippen MR) is 114 cm³/mol. The van der Waals surface area contributed by atoms with Gasteiger partial charge in [0.1, 0.15) is 16.9 Å². The number of hydrogen-bond acceptors (Lipinski definition) is 6. The quantitative estimate of drug-likeness (QED) is 0.537. The molecule has 1 aliphatic rings. The molecule has 1 N–H and O–H groups in total. The number of rotatable bonds is 7. The molecule has 0 unspecified atom stereocenters. The molecule has 1 aliphatic carbocycles. The van der Waals surface area contributed by atoms with Crippen LogP contribution in [0.5, 0.6) is 0 Å². The molecule has 0 bridgehead atoms. The van der Waals surface area contributed by atoms with Crippen molar-refractivity contribution in [2.75, 3.05) is 11.1 Å². The van der Waals surface area contributed by atoms with E-state index in [-0.39, 0.29) is 11.7 Å². The molecule has 0 fully saturated rings. The number of anilines is 1. The highest BCUT2D eigenvalue weighted by Crippen LogP contribution is 2.36. The molecule has 6 nitrogen and oxygen atoms in total. The normalized spacial score (nSPS) is 13.9. The van der Waals surface area contributed by atoms with E-state index in [4.69, 9.17) is 0 Å². The topological polar surface area (TPSA) is 83.6 Å². The number of nitrogens with zero attached hydrogens (tertiary/aromatic N) is 4. The molecule has 0 spiro atoms. The first kappa shape index (κ1) is 20.6. The molecule has 3 rings (SSSR count). The van der Waals surface area contributed by atoms with Gasteiger partial charge in [-0.2, -0.15) is 5.26 Å². The fraction of sp³-hybridized carbons (Fsp3) is 0.500. The van der Waals surface area contributed by atoms with Gasteiger partial charge in [0.05, 0.1) is 11.3 Å². The third-order valence-corrected chi connectivity index (χ3v) is 6.96. The minimum absolute atomic E-state index is 0.123. The van der Waals surface area contributed by atoms with Gasteiger partial charge in [-0.3, -0.25) is 4.79 Å². The number of allylic oxidation sites excluding steroid dienone is 1. The molecule has 0 radical (unpaired) electrons. The molecule has 0 atom stereocenters. The van der Waals surface area contributed by atoms with Gasteiger partial charge in [0, 0.05) is 17.8 Å². The first-order valence-corrected chi connectivity index (χ1v) is 11.5. The van der Waals surface area contributed by atoms with Crippen LogP contribution in [0.2, 0.25) is 0 Å². The standard InChI is InChI=1S/C20H25N5OS2/c1-3-11-25-17(4-2)23-24-20(25)27-13-18(26)22-19-15(12-21)14-9-7-5-6-8-10-16(14)28-19/h3H,1,4-11,13H2,2H3,(H,22,26). The number of aryl methyl sites for hydroxylation is 2. The molecule has 1 amide bonds. The van der Waals surface area contributed by atoms with Crippen molar-refractivity contribution in [3.8, 4) is 6.07 Å². The Kier molecular flexibility index (Phi) is 7.29. The molecular formula is C20H25N5OS2.